The van der Waals surface area contributed by atoms with Crippen LogP contribution >= 0.6 is 0 Å². The van der Waals surface area contributed by atoms with Crippen LogP contribution in [0.3, 0.4) is 0 Å². The molecule has 2 atom stereocenters. The van der Waals surface area contributed by atoms with Crippen LogP contribution < -0.4 is 10.6 Å². The number of hydrogen-bond acceptors (Lipinski definition) is 2. The Hall–Kier alpha value is -0.770. The molecule has 2 unspecified atom stereocenters. The number of guanidine groups is 1. The number of aliphatic imine (C=N–C) groups is 1. The lowest BCUT2D eigenvalue weighted by molar-refractivity contribution is 0.143. The van der Waals surface area contributed by atoms with Gasteiger partial charge in [-0.1, -0.05) is 13.8 Å². The third kappa shape index (κ3) is 5.71. The molecule has 0 amide bonds. The molecule has 0 aromatic heterocycles. The molecule has 1 heterocycles. The molecule has 0 aliphatic carbocycles. The fraction of sp³-hybridized carbons (Fsp3) is 0.929. The molecule has 0 radical (unpaired) electrons. The summed E-state index contributed by atoms with van der Waals surface area (Å²) in [5, 5.41) is 6.68. The number of likely N-dealkylation sites (tertiary alicyclic amines) is 1. The highest BCUT2D eigenvalue weighted by Crippen LogP contribution is 2.20. The molecule has 0 aromatic carbocycles. The summed E-state index contributed by atoms with van der Waals surface area (Å²) in [6, 6.07) is 0.422. The Kier molecular flexibility index (Phi) is 6.47. The highest BCUT2D eigenvalue weighted by Gasteiger charge is 2.21. The number of hydrogen-bond donors (Lipinski definition) is 2. The summed E-state index contributed by atoms with van der Waals surface area (Å²) < 4.78 is 0. The Morgan fingerprint density at radius 3 is 2.39 bits per heavy atom. The van der Waals surface area contributed by atoms with E-state index in [1.165, 1.54) is 19.5 Å². The molecular formula is C14H30N4. The second-order valence-corrected chi connectivity index (χ2v) is 6.00. The molecule has 4 heteroatoms. The summed E-state index contributed by atoms with van der Waals surface area (Å²) in [6.07, 6.45) is 1.38. The zero-order chi connectivity index (χ0) is 13.5. The van der Waals surface area contributed by atoms with Crippen LogP contribution in [0, 0.1) is 11.8 Å². The predicted molar refractivity (Wildman–Crippen MR) is 79.0 cm³/mol. The average molecular weight is 254 g/mol. The van der Waals surface area contributed by atoms with E-state index in [1.54, 1.807) is 0 Å². The Balaban J connectivity index is 2.24. The van der Waals surface area contributed by atoms with Gasteiger partial charge in [0, 0.05) is 39.3 Å². The quantitative estimate of drug-likeness (QED) is 0.590. The van der Waals surface area contributed by atoms with Gasteiger partial charge < -0.3 is 15.5 Å². The van der Waals surface area contributed by atoms with Crippen molar-refractivity contribution in [3.8, 4) is 0 Å². The number of piperidine rings is 1. The maximum absolute atomic E-state index is 4.22. The lowest BCUT2D eigenvalue weighted by Crippen LogP contribution is -2.46. The van der Waals surface area contributed by atoms with Gasteiger partial charge in [0.05, 0.1) is 0 Å². The molecule has 106 valence electrons. The van der Waals surface area contributed by atoms with Crippen LogP contribution in [-0.4, -0.2) is 50.1 Å². The van der Waals surface area contributed by atoms with E-state index in [4.69, 9.17) is 0 Å². The molecule has 1 saturated heterocycles. The monoisotopic (exact) mass is 254 g/mol. The SMILES string of the molecule is CN=C(NCCN1CC(C)CC(C)C1)NC(C)C. The van der Waals surface area contributed by atoms with Gasteiger partial charge in [0.2, 0.25) is 0 Å². The van der Waals surface area contributed by atoms with Crippen LogP contribution in [0.15, 0.2) is 4.99 Å². The van der Waals surface area contributed by atoms with E-state index in [2.05, 4.69) is 48.2 Å². The Morgan fingerprint density at radius 1 is 1.28 bits per heavy atom. The van der Waals surface area contributed by atoms with Crippen molar-refractivity contribution in [1.29, 1.82) is 0 Å². The average Bonchev–Trinajstić information content (AvgIpc) is 2.25. The first-order valence-electron chi connectivity index (χ1n) is 7.20. The Labute approximate surface area is 112 Å². The number of rotatable bonds is 4. The van der Waals surface area contributed by atoms with Gasteiger partial charge in [-0.15, -0.1) is 0 Å². The summed E-state index contributed by atoms with van der Waals surface area (Å²) in [5.74, 6) is 2.58. The van der Waals surface area contributed by atoms with Crippen molar-refractivity contribution in [3.63, 3.8) is 0 Å². The van der Waals surface area contributed by atoms with Gasteiger partial charge in [0.25, 0.3) is 0 Å². The lowest BCUT2D eigenvalue weighted by Gasteiger charge is -2.35. The van der Waals surface area contributed by atoms with Gasteiger partial charge >= 0.3 is 0 Å². The highest BCUT2D eigenvalue weighted by atomic mass is 15.2. The van der Waals surface area contributed by atoms with Crippen LogP contribution in [0.5, 0.6) is 0 Å². The van der Waals surface area contributed by atoms with Crippen LogP contribution in [0.1, 0.15) is 34.1 Å². The fourth-order valence-corrected chi connectivity index (χ4v) is 2.78. The second kappa shape index (κ2) is 7.62. The van der Waals surface area contributed by atoms with Crippen LogP contribution in [0.2, 0.25) is 0 Å². The van der Waals surface area contributed by atoms with Crippen LogP contribution in [0.4, 0.5) is 0 Å². The molecule has 1 fully saturated rings. The van der Waals surface area contributed by atoms with E-state index >= 15 is 0 Å². The second-order valence-electron chi connectivity index (χ2n) is 6.00. The minimum Gasteiger partial charge on any atom is -0.355 e. The van der Waals surface area contributed by atoms with Gasteiger partial charge in [-0.2, -0.15) is 0 Å². The Bertz CT molecular complexity index is 253. The van der Waals surface area contributed by atoms with E-state index in [9.17, 15) is 0 Å². The van der Waals surface area contributed by atoms with Crippen molar-refractivity contribution in [2.75, 3.05) is 33.2 Å². The van der Waals surface area contributed by atoms with E-state index < -0.39 is 0 Å². The smallest absolute Gasteiger partial charge is 0.191 e. The zero-order valence-electron chi connectivity index (χ0n) is 12.7. The number of nitrogens with one attached hydrogen (secondary N) is 2. The summed E-state index contributed by atoms with van der Waals surface area (Å²) >= 11 is 0. The molecule has 1 rings (SSSR count). The molecule has 0 aromatic rings. The molecule has 0 bridgehead atoms. The first-order valence-corrected chi connectivity index (χ1v) is 7.20. The van der Waals surface area contributed by atoms with Gasteiger partial charge in [-0.25, -0.2) is 0 Å². The predicted octanol–water partition coefficient (Wildman–Crippen LogP) is 1.54. The maximum atomic E-state index is 4.22. The zero-order valence-corrected chi connectivity index (χ0v) is 12.7. The topological polar surface area (TPSA) is 39.7 Å². The van der Waals surface area contributed by atoms with Crippen molar-refractivity contribution < 1.29 is 0 Å². The summed E-state index contributed by atoms with van der Waals surface area (Å²) in [7, 11) is 1.82. The van der Waals surface area contributed by atoms with Gasteiger partial charge in [0.15, 0.2) is 5.96 Å². The molecule has 0 spiro atoms. The summed E-state index contributed by atoms with van der Waals surface area (Å²) in [4.78, 5) is 6.78. The first-order chi connectivity index (χ1) is 8.51. The van der Waals surface area contributed by atoms with Gasteiger partial charge in [0.1, 0.15) is 0 Å². The van der Waals surface area contributed by atoms with Crippen molar-refractivity contribution >= 4 is 5.96 Å². The highest BCUT2D eigenvalue weighted by molar-refractivity contribution is 5.79. The third-order valence-corrected chi connectivity index (χ3v) is 3.31. The van der Waals surface area contributed by atoms with Gasteiger partial charge in [-0.05, 0) is 32.1 Å². The molecule has 4 nitrogen and oxygen atoms in total. The summed E-state index contributed by atoms with van der Waals surface area (Å²) in [6.45, 7) is 13.5. The van der Waals surface area contributed by atoms with E-state index in [0.29, 0.717) is 6.04 Å². The lowest BCUT2D eigenvalue weighted by atomic mass is 9.92. The standard InChI is InChI=1S/C14H30N4/c1-11(2)17-14(15-5)16-6-7-18-9-12(3)8-13(4)10-18/h11-13H,6-10H2,1-5H3,(H2,15,16,17). The normalized spacial score (nSPS) is 26.4. The molecule has 18 heavy (non-hydrogen) atoms. The molecular weight excluding hydrogens is 224 g/mol. The number of nitrogens with zero attached hydrogens (tertiary/aromatic N) is 2. The Morgan fingerprint density at radius 2 is 1.89 bits per heavy atom. The summed E-state index contributed by atoms with van der Waals surface area (Å²) in [5.41, 5.74) is 0. The molecule has 2 N–H and O–H groups in total. The van der Waals surface area contributed by atoms with Gasteiger partial charge in [-0.3, -0.25) is 4.99 Å². The maximum Gasteiger partial charge on any atom is 0.191 e. The van der Waals surface area contributed by atoms with Crippen molar-refractivity contribution in [1.82, 2.24) is 15.5 Å². The third-order valence-electron chi connectivity index (χ3n) is 3.31. The minimum absolute atomic E-state index is 0.422. The van der Waals surface area contributed by atoms with Crippen molar-refractivity contribution in [2.24, 2.45) is 16.8 Å². The van der Waals surface area contributed by atoms with E-state index in [1.807, 2.05) is 7.05 Å². The minimum atomic E-state index is 0.422. The van der Waals surface area contributed by atoms with Crippen LogP contribution in [-0.2, 0) is 0 Å². The molecule has 0 saturated carbocycles. The largest absolute Gasteiger partial charge is 0.355 e. The first kappa shape index (κ1) is 15.3. The molecule has 1 aliphatic heterocycles. The van der Waals surface area contributed by atoms with Crippen molar-refractivity contribution in [2.45, 2.75) is 40.2 Å². The van der Waals surface area contributed by atoms with Crippen molar-refractivity contribution in [3.05, 3.63) is 0 Å². The van der Waals surface area contributed by atoms with Crippen LogP contribution in [0.25, 0.3) is 0 Å². The molecule has 1 aliphatic rings. The van der Waals surface area contributed by atoms with E-state index in [-0.39, 0.29) is 0 Å². The van der Waals surface area contributed by atoms with E-state index in [0.717, 1.165) is 30.9 Å². The fourth-order valence-electron chi connectivity index (χ4n) is 2.78.